The molecule has 0 aliphatic rings. The van der Waals surface area contributed by atoms with Crippen molar-refractivity contribution in [2.75, 3.05) is 5.32 Å². The lowest BCUT2D eigenvalue weighted by atomic mass is 10.1. The van der Waals surface area contributed by atoms with Crippen molar-refractivity contribution >= 4 is 11.6 Å². The zero-order valence-corrected chi connectivity index (χ0v) is 12.3. The summed E-state index contributed by atoms with van der Waals surface area (Å²) in [5.74, 6) is -2.07. The Labute approximate surface area is 138 Å². The fourth-order valence-corrected chi connectivity index (χ4v) is 2.07. The molecule has 128 valence electrons. The van der Waals surface area contributed by atoms with Crippen molar-refractivity contribution in [3.63, 3.8) is 0 Å². The lowest BCUT2D eigenvalue weighted by Gasteiger charge is -2.12. The highest BCUT2D eigenvalue weighted by Crippen LogP contribution is 2.32. The van der Waals surface area contributed by atoms with Crippen molar-refractivity contribution in [1.29, 1.82) is 0 Å². The number of carbonyl (C=O) groups is 1. The third-order valence-corrected chi connectivity index (χ3v) is 3.20. The topological polar surface area (TPSA) is 72.7 Å². The highest BCUT2D eigenvalue weighted by Gasteiger charge is 2.34. The van der Waals surface area contributed by atoms with E-state index in [4.69, 9.17) is 0 Å². The van der Waals surface area contributed by atoms with E-state index in [2.05, 4.69) is 20.4 Å². The summed E-state index contributed by atoms with van der Waals surface area (Å²) >= 11 is 0. The van der Waals surface area contributed by atoms with E-state index < -0.39 is 23.5 Å². The van der Waals surface area contributed by atoms with Gasteiger partial charge in [0, 0.05) is 11.8 Å². The van der Waals surface area contributed by atoms with Gasteiger partial charge in [0.2, 0.25) is 0 Å². The molecule has 0 saturated carbocycles. The van der Waals surface area contributed by atoms with Crippen LogP contribution >= 0.6 is 0 Å². The summed E-state index contributed by atoms with van der Waals surface area (Å²) in [6, 6.07) is 5.04. The number of amides is 1. The van der Waals surface area contributed by atoms with Crippen LogP contribution in [0, 0.1) is 5.82 Å². The Balaban J connectivity index is 1.92. The maximum Gasteiger partial charge on any atom is 0.419 e. The molecular weight excluding hydrogens is 342 g/mol. The third-order valence-electron chi connectivity index (χ3n) is 3.20. The molecule has 2 aromatic heterocycles. The van der Waals surface area contributed by atoms with Gasteiger partial charge in [-0.3, -0.25) is 4.79 Å². The number of pyridine rings is 1. The molecular formula is C15H9F4N5O. The maximum atomic E-state index is 13.3. The predicted molar refractivity (Wildman–Crippen MR) is 78.5 cm³/mol. The van der Waals surface area contributed by atoms with E-state index in [1.807, 2.05) is 0 Å². The number of rotatable bonds is 3. The summed E-state index contributed by atoms with van der Waals surface area (Å²) in [5, 5.41) is 6.31. The Bertz CT molecular complexity index is 909. The van der Waals surface area contributed by atoms with Crippen LogP contribution in [0.1, 0.15) is 15.9 Å². The number of benzene rings is 1. The number of nitrogens with zero attached hydrogens (tertiary/aromatic N) is 4. The first-order valence-corrected chi connectivity index (χ1v) is 6.84. The SMILES string of the molecule is O=C(Nc1cccnc1-n1cncn1)c1ccc(F)c(C(F)(F)F)c1. The number of halogens is 4. The summed E-state index contributed by atoms with van der Waals surface area (Å²) in [6.45, 7) is 0. The molecule has 0 spiro atoms. The molecule has 6 nitrogen and oxygen atoms in total. The van der Waals surface area contributed by atoms with Crippen LogP contribution in [0.4, 0.5) is 23.2 Å². The Morgan fingerprint density at radius 2 is 2.00 bits per heavy atom. The number of nitrogens with one attached hydrogen (secondary N) is 1. The van der Waals surface area contributed by atoms with Crippen LogP contribution in [0.3, 0.4) is 0 Å². The maximum absolute atomic E-state index is 13.3. The van der Waals surface area contributed by atoms with Crippen LogP contribution in [0.15, 0.2) is 49.2 Å². The second kappa shape index (κ2) is 6.30. The lowest BCUT2D eigenvalue weighted by molar-refractivity contribution is -0.140. The molecule has 1 amide bonds. The average Bonchev–Trinajstić information content (AvgIpc) is 3.09. The van der Waals surface area contributed by atoms with Gasteiger partial charge in [-0.05, 0) is 30.3 Å². The van der Waals surface area contributed by atoms with Crippen LogP contribution < -0.4 is 5.32 Å². The molecule has 0 aliphatic heterocycles. The number of anilines is 1. The number of aromatic nitrogens is 4. The fourth-order valence-electron chi connectivity index (χ4n) is 2.07. The first kappa shape index (κ1) is 16.6. The first-order chi connectivity index (χ1) is 11.9. The van der Waals surface area contributed by atoms with Crippen LogP contribution in [-0.4, -0.2) is 25.7 Å². The average molecular weight is 351 g/mol. The molecule has 0 saturated heterocycles. The Morgan fingerprint density at radius 3 is 2.68 bits per heavy atom. The van der Waals surface area contributed by atoms with Crippen molar-refractivity contribution < 1.29 is 22.4 Å². The summed E-state index contributed by atoms with van der Waals surface area (Å²) in [7, 11) is 0. The van der Waals surface area contributed by atoms with Crippen molar-refractivity contribution in [3.8, 4) is 5.82 Å². The van der Waals surface area contributed by atoms with Gasteiger partial charge >= 0.3 is 6.18 Å². The van der Waals surface area contributed by atoms with Gasteiger partial charge in [0.15, 0.2) is 5.82 Å². The van der Waals surface area contributed by atoms with Gasteiger partial charge in [-0.2, -0.15) is 18.3 Å². The zero-order valence-electron chi connectivity index (χ0n) is 12.3. The Kier molecular flexibility index (Phi) is 4.17. The molecule has 3 rings (SSSR count). The predicted octanol–water partition coefficient (Wildman–Crippen LogP) is 3.07. The van der Waals surface area contributed by atoms with Crippen molar-refractivity contribution in [2.24, 2.45) is 0 Å². The standard InChI is InChI=1S/C15H9F4N5O/c16-11-4-3-9(6-10(11)15(17,18)19)14(25)23-12-2-1-5-21-13(12)24-8-20-7-22-24/h1-8H,(H,23,25). The van der Waals surface area contributed by atoms with Crippen LogP contribution in [0.5, 0.6) is 0 Å². The molecule has 0 radical (unpaired) electrons. The van der Waals surface area contributed by atoms with Gasteiger partial charge in [-0.1, -0.05) is 0 Å². The minimum atomic E-state index is -4.90. The molecule has 0 bridgehead atoms. The quantitative estimate of drug-likeness (QED) is 0.736. The normalized spacial score (nSPS) is 11.4. The van der Waals surface area contributed by atoms with E-state index in [9.17, 15) is 22.4 Å². The Morgan fingerprint density at radius 1 is 1.20 bits per heavy atom. The van der Waals surface area contributed by atoms with Gasteiger partial charge < -0.3 is 5.32 Å². The minimum Gasteiger partial charge on any atom is -0.319 e. The van der Waals surface area contributed by atoms with E-state index in [1.54, 1.807) is 0 Å². The number of hydrogen-bond acceptors (Lipinski definition) is 4. The molecule has 10 heteroatoms. The molecule has 1 N–H and O–H groups in total. The molecule has 2 heterocycles. The zero-order chi connectivity index (χ0) is 18.0. The van der Waals surface area contributed by atoms with E-state index in [0.717, 1.165) is 6.07 Å². The van der Waals surface area contributed by atoms with Gasteiger partial charge in [0.25, 0.3) is 5.91 Å². The van der Waals surface area contributed by atoms with Crippen molar-refractivity contribution in [2.45, 2.75) is 6.18 Å². The van der Waals surface area contributed by atoms with Crippen LogP contribution in [0.2, 0.25) is 0 Å². The minimum absolute atomic E-state index is 0.205. The fraction of sp³-hybridized carbons (Fsp3) is 0.0667. The largest absolute Gasteiger partial charge is 0.419 e. The summed E-state index contributed by atoms with van der Waals surface area (Å²) in [4.78, 5) is 20.1. The molecule has 0 atom stereocenters. The van der Waals surface area contributed by atoms with Gasteiger partial charge in [0.1, 0.15) is 18.5 Å². The van der Waals surface area contributed by atoms with Gasteiger partial charge in [0.05, 0.1) is 11.3 Å². The first-order valence-electron chi connectivity index (χ1n) is 6.84. The van der Waals surface area contributed by atoms with E-state index in [0.29, 0.717) is 12.1 Å². The summed E-state index contributed by atoms with van der Waals surface area (Å²) < 4.78 is 52.9. The highest BCUT2D eigenvalue weighted by atomic mass is 19.4. The van der Waals surface area contributed by atoms with Gasteiger partial charge in [-0.25, -0.2) is 19.0 Å². The number of alkyl halides is 3. The van der Waals surface area contributed by atoms with E-state index in [1.165, 1.54) is 35.7 Å². The van der Waals surface area contributed by atoms with E-state index >= 15 is 0 Å². The number of hydrogen-bond donors (Lipinski definition) is 1. The van der Waals surface area contributed by atoms with Crippen LogP contribution in [-0.2, 0) is 6.18 Å². The van der Waals surface area contributed by atoms with Crippen LogP contribution in [0.25, 0.3) is 5.82 Å². The van der Waals surface area contributed by atoms with Gasteiger partial charge in [-0.15, -0.1) is 0 Å². The molecule has 3 aromatic rings. The monoisotopic (exact) mass is 351 g/mol. The smallest absolute Gasteiger partial charge is 0.319 e. The summed E-state index contributed by atoms with van der Waals surface area (Å²) in [5.41, 5.74) is -1.65. The molecule has 0 unspecified atom stereocenters. The summed E-state index contributed by atoms with van der Waals surface area (Å²) in [6.07, 6.45) is -0.847. The highest BCUT2D eigenvalue weighted by molar-refractivity contribution is 6.05. The number of carbonyl (C=O) groups excluding carboxylic acids is 1. The van der Waals surface area contributed by atoms with Crippen molar-refractivity contribution in [1.82, 2.24) is 19.7 Å². The molecule has 0 fully saturated rings. The molecule has 1 aromatic carbocycles. The lowest BCUT2D eigenvalue weighted by Crippen LogP contribution is -2.17. The Hall–Kier alpha value is -3.30. The van der Waals surface area contributed by atoms with Crippen molar-refractivity contribution in [3.05, 3.63) is 66.1 Å². The molecule has 25 heavy (non-hydrogen) atoms. The second-order valence-corrected chi connectivity index (χ2v) is 4.86. The second-order valence-electron chi connectivity index (χ2n) is 4.86. The third kappa shape index (κ3) is 3.47. The van der Waals surface area contributed by atoms with E-state index in [-0.39, 0.29) is 17.1 Å². The molecule has 0 aliphatic carbocycles.